The van der Waals surface area contributed by atoms with Gasteiger partial charge in [0.15, 0.2) is 6.29 Å². The molecule has 0 atom stereocenters. The Labute approximate surface area is 107 Å². The van der Waals surface area contributed by atoms with Crippen molar-refractivity contribution >= 4 is 18.0 Å². The zero-order valence-electron chi connectivity index (χ0n) is 9.84. The molecule has 0 radical (unpaired) electrons. The molecule has 2 rings (SSSR count). The van der Waals surface area contributed by atoms with Gasteiger partial charge in [-0.15, -0.1) is 0 Å². The monoisotopic (exact) mass is 262 g/mol. The summed E-state index contributed by atoms with van der Waals surface area (Å²) < 4.78 is 14.0. The van der Waals surface area contributed by atoms with Crippen molar-refractivity contribution < 1.29 is 14.0 Å². The van der Waals surface area contributed by atoms with E-state index < -0.39 is 11.7 Å². The Hall–Kier alpha value is -2.70. The van der Waals surface area contributed by atoms with E-state index in [-0.39, 0.29) is 23.6 Å². The summed E-state index contributed by atoms with van der Waals surface area (Å²) in [5.41, 5.74) is 11.7. The average molecular weight is 262 g/mol. The van der Waals surface area contributed by atoms with Crippen LogP contribution in [0.1, 0.15) is 10.4 Å². The van der Waals surface area contributed by atoms with Crippen molar-refractivity contribution in [2.24, 2.45) is 5.73 Å². The lowest BCUT2D eigenvalue weighted by atomic mass is 10.1. The molecule has 0 aliphatic heterocycles. The van der Waals surface area contributed by atoms with Gasteiger partial charge in [-0.3, -0.25) is 9.59 Å². The number of hydrogen-bond donors (Lipinski definition) is 2. The molecule has 2 aromatic rings. The number of halogens is 1. The van der Waals surface area contributed by atoms with E-state index in [0.29, 0.717) is 11.8 Å². The second-order valence-electron chi connectivity index (χ2n) is 3.90. The molecule has 0 unspecified atom stereocenters. The number of aldehydes is 1. The number of aromatic nitrogens is 2. The van der Waals surface area contributed by atoms with E-state index in [1.165, 1.54) is 24.3 Å². The van der Waals surface area contributed by atoms with Gasteiger partial charge in [-0.05, 0) is 24.3 Å². The van der Waals surface area contributed by atoms with E-state index >= 15 is 0 Å². The second-order valence-corrected chi connectivity index (χ2v) is 3.90. The molecule has 0 bridgehead atoms. The highest BCUT2D eigenvalue weighted by atomic mass is 19.1. The third kappa shape index (κ3) is 2.44. The summed E-state index contributed by atoms with van der Waals surface area (Å²) in [6.45, 7) is -0.228. The largest absolute Gasteiger partial charge is 0.383 e. The molecule has 0 spiro atoms. The van der Waals surface area contributed by atoms with Gasteiger partial charge >= 0.3 is 0 Å². The predicted octanol–water partition coefficient (Wildman–Crippen LogP) is 0.569. The molecule has 0 aliphatic rings. The topological polar surface area (TPSA) is 104 Å². The van der Waals surface area contributed by atoms with E-state index in [1.807, 2.05) is 0 Å². The second kappa shape index (κ2) is 4.89. The highest BCUT2D eigenvalue weighted by Crippen LogP contribution is 2.25. The third-order valence-electron chi connectivity index (χ3n) is 2.57. The Morgan fingerprint density at radius 3 is 2.53 bits per heavy atom. The number of carbonyl (C=O) groups excluding carboxylic acids is 2. The van der Waals surface area contributed by atoms with Crippen molar-refractivity contribution in [2.75, 3.05) is 5.73 Å². The summed E-state index contributed by atoms with van der Waals surface area (Å²) in [5.74, 6) is -0.980. The number of anilines is 1. The van der Waals surface area contributed by atoms with E-state index in [0.717, 1.165) is 4.68 Å². The fourth-order valence-electron chi connectivity index (χ4n) is 1.69. The highest BCUT2D eigenvalue weighted by Gasteiger charge is 2.17. The first-order chi connectivity index (χ1) is 9.02. The standard InChI is InChI=1S/C12H11FN4O2/c13-8-3-1-7(2-4-8)11-9(6-18)12(15)17(16-11)5-10(14)19/h1-4,6H,5,15H2,(H2,14,19). The minimum Gasteiger partial charge on any atom is -0.383 e. The minimum atomic E-state index is -0.627. The van der Waals surface area contributed by atoms with Crippen LogP contribution in [0.2, 0.25) is 0 Å². The first-order valence-electron chi connectivity index (χ1n) is 5.38. The van der Waals surface area contributed by atoms with Crippen LogP contribution >= 0.6 is 0 Å². The first kappa shape index (κ1) is 12.7. The number of nitrogen functional groups attached to an aromatic ring is 1. The van der Waals surface area contributed by atoms with Crippen LogP contribution in [-0.2, 0) is 11.3 Å². The molecule has 19 heavy (non-hydrogen) atoms. The smallest absolute Gasteiger partial charge is 0.239 e. The predicted molar refractivity (Wildman–Crippen MR) is 66.6 cm³/mol. The molecule has 1 aromatic heterocycles. The first-order valence-corrected chi connectivity index (χ1v) is 5.38. The van der Waals surface area contributed by atoms with Crippen molar-refractivity contribution in [1.82, 2.24) is 9.78 Å². The van der Waals surface area contributed by atoms with Gasteiger partial charge in [0.1, 0.15) is 23.9 Å². The number of primary amides is 1. The van der Waals surface area contributed by atoms with Gasteiger partial charge in [0.05, 0.1) is 5.56 Å². The van der Waals surface area contributed by atoms with Gasteiger partial charge in [-0.2, -0.15) is 5.10 Å². The lowest BCUT2D eigenvalue weighted by molar-refractivity contribution is -0.118. The van der Waals surface area contributed by atoms with Crippen LogP contribution in [0.15, 0.2) is 24.3 Å². The van der Waals surface area contributed by atoms with Crippen LogP contribution in [0.3, 0.4) is 0 Å². The molecule has 98 valence electrons. The number of nitrogens with zero attached hydrogens (tertiary/aromatic N) is 2. The number of carbonyl (C=O) groups is 2. The quantitative estimate of drug-likeness (QED) is 0.786. The highest BCUT2D eigenvalue weighted by molar-refractivity contribution is 5.92. The molecule has 0 aliphatic carbocycles. The minimum absolute atomic E-state index is 0.0492. The summed E-state index contributed by atoms with van der Waals surface area (Å²) in [4.78, 5) is 21.9. The van der Waals surface area contributed by atoms with Crippen LogP contribution in [0.25, 0.3) is 11.3 Å². The Kier molecular flexibility index (Phi) is 3.28. The van der Waals surface area contributed by atoms with Crippen molar-refractivity contribution in [3.63, 3.8) is 0 Å². The Morgan fingerprint density at radius 1 is 1.37 bits per heavy atom. The molecule has 1 amide bonds. The van der Waals surface area contributed by atoms with Gasteiger partial charge in [0.2, 0.25) is 5.91 Å². The van der Waals surface area contributed by atoms with Crippen molar-refractivity contribution in [2.45, 2.75) is 6.54 Å². The van der Waals surface area contributed by atoms with Crippen LogP contribution in [0.5, 0.6) is 0 Å². The van der Waals surface area contributed by atoms with Gasteiger partial charge in [0, 0.05) is 5.56 Å². The molecule has 0 fully saturated rings. The lowest BCUT2D eigenvalue weighted by Gasteiger charge is -1.99. The maximum atomic E-state index is 12.9. The zero-order chi connectivity index (χ0) is 14.0. The maximum Gasteiger partial charge on any atom is 0.239 e. The van der Waals surface area contributed by atoms with E-state index in [1.54, 1.807) is 0 Å². The molecular weight excluding hydrogens is 251 g/mol. The summed E-state index contributed by atoms with van der Waals surface area (Å²) in [6, 6.07) is 5.43. The van der Waals surface area contributed by atoms with Crippen LogP contribution in [0.4, 0.5) is 10.2 Å². The summed E-state index contributed by atoms with van der Waals surface area (Å²) in [6.07, 6.45) is 0.540. The van der Waals surface area contributed by atoms with Gasteiger partial charge < -0.3 is 11.5 Å². The molecule has 0 saturated heterocycles. The molecule has 1 heterocycles. The molecule has 6 nitrogen and oxygen atoms in total. The molecule has 1 aromatic carbocycles. The van der Waals surface area contributed by atoms with Crippen molar-refractivity contribution in [3.8, 4) is 11.3 Å². The van der Waals surface area contributed by atoms with Crippen LogP contribution in [-0.4, -0.2) is 22.0 Å². The number of hydrogen-bond acceptors (Lipinski definition) is 4. The zero-order valence-corrected chi connectivity index (χ0v) is 9.84. The van der Waals surface area contributed by atoms with E-state index in [9.17, 15) is 14.0 Å². The van der Waals surface area contributed by atoms with Crippen LogP contribution < -0.4 is 11.5 Å². The summed E-state index contributed by atoms with van der Waals surface area (Å²) in [7, 11) is 0. The maximum absolute atomic E-state index is 12.9. The molecular formula is C12H11FN4O2. The van der Waals surface area contributed by atoms with Crippen molar-refractivity contribution in [3.05, 3.63) is 35.6 Å². The summed E-state index contributed by atoms with van der Waals surface area (Å²) >= 11 is 0. The normalized spacial score (nSPS) is 10.4. The number of nitrogens with two attached hydrogens (primary N) is 2. The van der Waals surface area contributed by atoms with Gasteiger partial charge in [-0.1, -0.05) is 0 Å². The average Bonchev–Trinajstić information content (AvgIpc) is 2.66. The Bertz CT molecular complexity index is 634. The fraction of sp³-hybridized carbons (Fsp3) is 0.0833. The van der Waals surface area contributed by atoms with Crippen molar-refractivity contribution in [1.29, 1.82) is 0 Å². The molecule has 4 N–H and O–H groups in total. The van der Waals surface area contributed by atoms with E-state index in [2.05, 4.69) is 5.10 Å². The molecule has 0 saturated carbocycles. The fourth-order valence-corrected chi connectivity index (χ4v) is 1.69. The number of benzene rings is 1. The van der Waals surface area contributed by atoms with Gasteiger partial charge in [-0.25, -0.2) is 9.07 Å². The lowest BCUT2D eigenvalue weighted by Crippen LogP contribution is -2.20. The third-order valence-corrected chi connectivity index (χ3v) is 2.57. The number of amides is 1. The molecule has 7 heteroatoms. The summed E-state index contributed by atoms with van der Waals surface area (Å²) in [5, 5.41) is 4.06. The SMILES string of the molecule is NC(=O)Cn1nc(-c2ccc(F)cc2)c(C=O)c1N. The Morgan fingerprint density at radius 2 is 2.00 bits per heavy atom. The van der Waals surface area contributed by atoms with Gasteiger partial charge in [0.25, 0.3) is 0 Å². The van der Waals surface area contributed by atoms with E-state index in [4.69, 9.17) is 11.5 Å². The Balaban J connectivity index is 2.53. The van der Waals surface area contributed by atoms with Crippen LogP contribution in [0, 0.1) is 5.82 Å². The number of rotatable bonds is 4.